The van der Waals surface area contributed by atoms with Crippen LogP contribution in [0.5, 0.6) is 0 Å². The highest BCUT2D eigenvalue weighted by atomic mass is 35.5. The van der Waals surface area contributed by atoms with Gasteiger partial charge in [-0.2, -0.15) is 0 Å². The number of rotatable bonds is 3. The Morgan fingerprint density at radius 1 is 1.07 bits per heavy atom. The summed E-state index contributed by atoms with van der Waals surface area (Å²) < 4.78 is 5.18. The van der Waals surface area contributed by atoms with Gasteiger partial charge in [0.15, 0.2) is 5.76 Å². The summed E-state index contributed by atoms with van der Waals surface area (Å²) in [4.78, 5) is 29.0. The molecular formula is C19H21ClN4O3. The third-order valence-electron chi connectivity index (χ3n) is 5.12. The molecule has 2 saturated heterocycles. The van der Waals surface area contributed by atoms with Crippen LogP contribution in [-0.2, 0) is 4.79 Å². The first-order valence-corrected chi connectivity index (χ1v) is 9.37. The van der Waals surface area contributed by atoms with Gasteiger partial charge in [-0.1, -0.05) is 23.7 Å². The number of piperazine rings is 1. The van der Waals surface area contributed by atoms with E-state index in [2.05, 4.69) is 10.9 Å². The molecule has 1 aromatic carbocycles. The Morgan fingerprint density at radius 3 is 2.56 bits per heavy atom. The van der Waals surface area contributed by atoms with Gasteiger partial charge in [-0.15, -0.1) is 0 Å². The number of furan rings is 1. The van der Waals surface area contributed by atoms with Crippen molar-refractivity contribution in [2.24, 2.45) is 5.92 Å². The van der Waals surface area contributed by atoms with Crippen molar-refractivity contribution in [1.82, 2.24) is 20.7 Å². The maximum atomic E-state index is 13.1. The lowest BCUT2D eigenvalue weighted by Crippen LogP contribution is -2.52. The number of hydrazine groups is 1. The summed E-state index contributed by atoms with van der Waals surface area (Å²) in [5.74, 6) is 0.0754. The lowest BCUT2D eigenvalue weighted by atomic mass is 9.93. The Bertz CT molecular complexity index is 818. The van der Waals surface area contributed by atoms with E-state index in [-0.39, 0.29) is 23.8 Å². The van der Waals surface area contributed by atoms with Crippen LogP contribution >= 0.6 is 11.6 Å². The molecule has 2 fully saturated rings. The molecule has 27 heavy (non-hydrogen) atoms. The number of carbonyl (C=O) groups is 2. The molecule has 3 heterocycles. The van der Waals surface area contributed by atoms with E-state index in [1.165, 1.54) is 6.26 Å². The monoisotopic (exact) mass is 388 g/mol. The van der Waals surface area contributed by atoms with E-state index in [0.717, 1.165) is 5.56 Å². The lowest BCUT2D eigenvalue weighted by Gasteiger charge is -2.36. The normalized spacial score (nSPS) is 22.9. The minimum atomic E-state index is -0.212. The summed E-state index contributed by atoms with van der Waals surface area (Å²) in [5.41, 5.74) is 7.25. The van der Waals surface area contributed by atoms with Gasteiger partial charge in [0.1, 0.15) is 0 Å². The fraction of sp³-hybridized carbons (Fsp3) is 0.368. The Balaban J connectivity index is 1.39. The highest BCUT2D eigenvalue weighted by Gasteiger charge is 2.38. The van der Waals surface area contributed by atoms with Crippen molar-refractivity contribution in [2.45, 2.75) is 6.04 Å². The third-order valence-corrected chi connectivity index (χ3v) is 5.35. The number of hydrogen-bond donors (Lipinski definition) is 2. The SMILES string of the molecule is O=C(c1ccco1)N1CCN(C(=O)C2CNNC2c2cccc(Cl)c2)CC1. The molecule has 0 aliphatic carbocycles. The fourth-order valence-electron chi connectivity index (χ4n) is 3.66. The topological polar surface area (TPSA) is 77.8 Å². The molecule has 2 N–H and O–H groups in total. The Kier molecular flexibility index (Phi) is 5.15. The first kappa shape index (κ1) is 18.0. The van der Waals surface area contributed by atoms with Crippen molar-refractivity contribution in [3.63, 3.8) is 0 Å². The molecule has 0 bridgehead atoms. The Hall–Kier alpha value is -2.35. The standard InChI is InChI=1S/C19H21ClN4O3/c20-14-4-1-3-13(11-14)17-15(12-21-22-17)18(25)23-6-8-24(9-7-23)19(26)16-5-2-10-27-16/h1-5,10-11,15,17,21-22H,6-9,12H2. The number of halogens is 1. The van der Waals surface area contributed by atoms with Crippen molar-refractivity contribution in [2.75, 3.05) is 32.7 Å². The van der Waals surface area contributed by atoms with Crippen molar-refractivity contribution < 1.29 is 14.0 Å². The number of carbonyl (C=O) groups excluding carboxylic acids is 2. The van der Waals surface area contributed by atoms with E-state index >= 15 is 0 Å². The van der Waals surface area contributed by atoms with Crippen LogP contribution in [0.2, 0.25) is 5.02 Å². The van der Waals surface area contributed by atoms with Crippen LogP contribution in [0.3, 0.4) is 0 Å². The molecule has 4 rings (SSSR count). The van der Waals surface area contributed by atoms with Crippen LogP contribution in [0.1, 0.15) is 22.2 Å². The molecule has 7 nitrogen and oxygen atoms in total. The number of amides is 2. The predicted molar refractivity (Wildman–Crippen MR) is 100 cm³/mol. The summed E-state index contributed by atoms with van der Waals surface area (Å²) in [6.45, 7) is 2.59. The molecule has 2 unspecified atom stereocenters. The number of nitrogens with one attached hydrogen (secondary N) is 2. The molecule has 142 valence electrons. The van der Waals surface area contributed by atoms with Gasteiger partial charge in [0.2, 0.25) is 5.91 Å². The van der Waals surface area contributed by atoms with Crippen LogP contribution in [0, 0.1) is 5.92 Å². The van der Waals surface area contributed by atoms with Gasteiger partial charge in [0.05, 0.1) is 18.2 Å². The number of hydrogen-bond acceptors (Lipinski definition) is 5. The molecule has 0 radical (unpaired) electrons. The Labute approximate surface area is 162 Å². The average molecular weight is 389 g/mol. The second-order valence-electron chi connectivity index (χ2n) is 6.76. The molecule has 2 amide bonds. The maximum Gasteiger partial charge on any atom is 0.289 e. The Morgan fingerprint density at radius 2 is 1.85 bits per heavy atom. The van der Waals surface area contributed by atoms with Gasteiger partial charge >= 0.3 is 0 Å². The molecule has 0 spiro atoms. The minimum Gasteiger partial charge on any atom is -0.459 e. The van der Waals surface area contributed by atoms with E-state index < -0.39 is 0 Å². The molecule has 2 aromatic rings. The smallest absolute Gasteiger partial charge is 0.289 e. The highest BCUT2D eigenvalue weighted by Crippen LogP contribution is 2.28. The van der Waals surface area contributed by atoms with Crippen LogP contribution in [0.4, 0.5) is 0 Å². The van der Waals surface area contributed by atoms with Gasteiger partial charge < -0.3 is 14.2 Å². The minimum absolute atomic E-state index is 0.0857. The largest absolute Gasteiger partial charge is 0.459 e. The molecule has 2 aliphatic rings. The maximum absolute atomic E-state index is 13.1. The third kappa shape index (κ3) is 3.71. The second kappa shape index (κ2) is 7.72. The first-order chi connectivity index (χ1) is 13.1. The lowest BCUT2D eigenvalue weighted by molar-refractivity contribution is -0.137. The zero-order chi connectivity index (χ0) is 18.8. The fourth-order valence-corrected chi connectivity index (χ4v) is 3.86. The molecule has 2 atom stereocenters. The second-order valence-corrected chi connectivity index (χ2v) is 7.20. The zero-order valence-corrected chi connectivity index (χ0v) is 15.5. The van der Waals surface area contributed by atoms with E-state index in [9.17, 15) is 9.59 Å². The first-order valence-electron chi connectivity index (χ1n) is 8.99. The number of benzene rings is 1. The van der Waals surface area contributed by atoms with Crippen LogP contribution in [0.15, 0.2) is 47.1 Å². The molecule has 2 aliphatic heterocycles. The molecule has 8 heteroatoms. The van der Waals surface area contributed by atoms with E-state index in [1.54, 1.807) is 17.0 Å². The van der Waals surface area contributed by atoms with Crippen LogP contribution in [0.25, 0.3) is 0 Å². The van der Waals surface area contributed by atoms with Crippen molar-refractivity contribution in [1.29, 1.82) is 0 Å². The summed E-state index contributed by atoms with van der Waals surface area (Å²) in [5, 5.41) is 0.650. The summed E-state index contributed by atoms with van der Waals surface area (Å²) in [6, 6.07) is 10.8. The van der Waals surface area contributed by atoms with Gasteiger partial charge in [-0.25, -0.2) is 5.43 Å². The van der Waals surface area contributed by atoms with Crippen molar-refractivity contribution in [3.8, 4) is 0 Å². The van der Waals surface area contributed by atoms with Gasteiger partial charge in [0.25, 0.3) is 5.91 Å². The van der Waals surface area contributed by atoms with Crippen molar-refractivity contribution >= 4 is 23.4 Å². The van der Waals surface area contributed by atoms with E-state index in [1.807, 2.05) is 29.2 Å². The van der Waals surface area contributed by atoms with Crippen LogP contribution < -0.4 is 10.9 Å². The summed E-state index contributed by atoms with van der Waals surface area (Å²) >= 11 is 6.10. The van der Waals surface area contributed by atoms with E-state index in [4.69, 9.17) is 16.0 Å². The predicted octanol–water partition coefficient (Wildman–Crippen LogP) is 1.68. The highest BCUT2D eigenvalue weighted by molar-refractivity contribution is 6.30. The number of nitrogens with zero attached hydrogens (tertiary/aromatic N) is 2. The molecule has 1 aromatic heterocycles. The molecular weight excluding hydrogens is 368 g/mol. The van der Waals surface area contributed by atoms with Gasteiger partial charge in [-0.3, -0.25) is 15.0 Å². The van der Waals surface area contributed by atoms with Gasteiger partial charge in [-0.05, 0) is 29.8 Å². The molecule has 0 saturated carbocycles. The quantitative estimate of drug-likeness (QED) is 0.836. The van der Waals surface area contributed by atoms with E-state index in [0.29, 0.717) is 43.5 Å². The van der Waals surface area contributed by atoms with Crippen LogP contribution in [-0.4, -0.2) is 54.3 Å². The average Bonchev–Trinajstić information content (AvgIpc) is 3.39. The summed E-state index contributed by atoms with van der Waals surface area (Å²) in [7, 11) is 0. The zero-order valence-electron chi connectivity index (χ0n) is 14.7. The summed E-state index contributed by atoms with van der Waals surface area (Å²) in [6.07, 6.45) is 1.49. The van der Waals surface area contributed by atoms with Gasteiger partial charge in [0, 0.05) is 37.7 Å². The van der Waals surface area contributed by atoms with Crippen molar-refractivity contribution in [3.05, 3.63) is 59.0 Å².